The Morgan fingerprint density at radius 3 is 2.43 bits per heavy atom. The predicted molar refractivity (Wildman–Crippen MR) is 83.1 cm³/mol. The number of carbonyl (C=O) groups excluding carboxylic acids is 1. The zero-order valence-electron chi connectivity index (χ0n) is 14.0. The number of halogens is 1. The molecule has 21 heavy (non-hydrogen) atoms. The Morgan fingerprint density at radius 2 is 1.90 bits per heavy atom. The maximum atomic E-state index is 14.6. The minimum Gasteiger partial charge on any atom is -0.379 e. The third-order valence-corrected chi connectivity index (χ3v) is 3.79. The van der Waals surface area contributed by atoms with E-state index in [1.807, 2.05) is 32.6 Å². The molecule has 1 amide bonds. The second-order valence-electron chi connectivity index (χ2n) is 6.67. The van der Waals surface area contributed by atoms with E-state index in [9.17, 15) is 9.18 Å². The molecule has 1 saturated heterocycles. The lowest BCUT2D eigenvalue weighted by Crippen LogP contribution is -2.46. The van der Waals surface area contributed by atoms with E-state index in [1.165, 1.54) is 0 Å². The zero-order chi connectivity index (χ0) is 15.9. The number of nitrogens with one attached hydrogen (secondary N) is 1. The summed E-state index contributed by atoms with van der Waals surface area (Å²) in [5.41, 5.74) is -1.08. The zero-order valence-corrected chi connectivity index (χ0v) is 14.0. The number of amides is 1. The smallest absolute Gasteiger partial charge is 0.234 e. The summed E-state index contributed by atoms with van der Waals surface area (Å²) >= 11 is 0. The molecule has 1 aliphatic heterocycles. The van der Waals surface area contributed by atoms with Crippen molar-refractivity contribution in [2.45, 2.75) is 71.2 Å². The van der Waals surface area contributed by atoms with E-state index in [0.29, 0.717) is 45.5 Å². The molecule has 0 saturated carbocycles. The Labute approximate surface area is 128 Å². The van der Waals surface area contributed by atoms with Gasteiger partial charge in [0.05, 0.1) is 12.6 Å². The van der Waals surface area contributed by atoms with Gasteiger partial charge >= 0.3 is 0 Å². The van der Waals surface area contributed by atoms with Gasteiger partial charge in [0.15, 0.2) is 0 Å². The fourth-order valence-corrected chi connectivity index (χ4v) is 2.64. The van der Waals surface area contributed by atoms with Gasteiger partial charge < -0.3 is 10.1 Å². The maximum absolute atomic E-state index is 14.6. The fraction of sp³-hybridized carbons (Fsp3) is 0.938. The van der Waals surface area contributed by atoms with Crippen LogP contribution in [0.3, 0.4) is 0 Å². The first kappa shape index (κ1) is 18.4. The first-order valence-electron chi connectivity index (χ1n) is 8.13. The van der Waals surface area contributed by atoms with Crippen molar-refractivity contribution in [2.75, 3.05) is 26.2 Å². The quantitative estimate of drug-likeness (QED) is 0.701. The summed E-state index contributed by atoms with van der Waals surface area (Å²) in [7, 11) is 0. The van der Waals surface area contributed by atoms with Crippen molar-refractivity contribution in [3.8, 4) is 0 Å². The van der Waals surface area contributed by atoms with Gasteiger partial charge in [0.25, 0.3) is 0 Å². The lowest BCUT2D eigenvalue weighted by atomic mass is 9.89. The lowest BCUT2D eigenvalue weighted by Gasteiger charge is -2.36. The molecule has 1 rings (SSSR count). The van der Waals surface area contributed by atoms with Crippen molar-refractivity contribution >= 4 is 5.91 Å². The molecular formula is C16H31FN2O2. The molecule has 1 N–H and O–H groups in total. The van der Waals surface area contributed by atoms with Crippen LogP contribution in [0.1, 0.15) is 53.4 Å². The van der Waals surface area contributed by atoms with Crippen LogP contribution in [-0.2, 0) is 9.53 Å². The van der Waals surface area contributed by atoms with E-state index < -0.39 is 5.67 Å². The lowest BCUT2D eigenvalue weighted by molar-refractivity contribution is -0.123. The molecule has 1 fully saturated rings. The van der Waals surface area contributed by atoms with Crippen molar-refractivity contribution in [1.29, 1.82) is 0 Å². The summed E-state index contributed by atoms with van der Waals surface area (Å²) < 4.78 is 20.1. The van der Waals surface area contributed by atoms with Crippen LogP contribution in [0.25, 0.3) is 0 Å². The molecular weight excluding hydrogens is 271 g/mol. The number of ether oxygens (including phenoxy) is 1. The fourth-order valence-electron chi connectivity index (χ4n) is 2.64. The molecule has 0 aromatic carbocycles. The second-order valence-corrected chi connectivity index (χ2v) is 6.67. The Kier molecular flexibility index (Phi) is 7.60. The Balaban J connectivity index is 2.22. The van der Waals surface area contributed by atoms with Crippen LogP contribution in [0.4, 0.5) is 4.39 Å². The van der Waals surface area contributed by atoms with Crippen molar-refractivity contribution < 1.29 is 13.9 Å². The van der Waals surface area contributed by atoms with E-state index >= 15 is 0 Å². The van der Waals surface area contributed by atoms with Crippen molar-refractivity contribution in [1.82, 2.24) is 10.2 Å². The van der Waals surface area contributed by atoms with Crippen LogP contribution in [0.5, 0.6) is 0 Å². The average Bonchev–Trinajstić information content (AvgIpc) is 2.37. The number of alkyl halides is 1. The van der Waals surface area contributed by atoms with E-state index in [-0.39, 0.29) is 18.1 Å². The van der Waals surface area contributed by atoms with E-state index in [4.69, 9.17) is 4.74 Å². The van der Waals surface area contributed by atoms with Gasteiger partial charge in [-0.1, -0.05) is 0 Å². The SMILES string of the molecule is CC(C)NC(=O)CN1CCC(F)(CCCOC(C)C)CC1. The van der Waals surface area contributed by atoms with Gasteiger partial charge in [-0.05, 0) is 53.4 Å². The van der Waals surface area contributed by atoms with Crippen LogP contribution >= 0.6 is 0 Å². The monoisotopic (exact) mass is 302 g/mol. The minimum atomic E-state index is -1.08. The number of carbonyl (C=O) groups is 1. The highest BCUT2D eigenvalue weighted by atomic mass is 19.1. The molecule has 124 valence electrons. The highest BCUT2D eigenvalue weighted by molar-refractivity contribution is 5.78. The summed E-state index contributed by atoms with van der Waals surface area (Å²) in [4.78, 5) is 13.7. The van der Waals surface area contributed by atoms with Crippen LogP contribution in [0.15, 0.2) is 0 Å². The molecule has 0 bridgehead atoms. The number of rotatable bonds is 8. The summed E-state index contributed by atoms with van der Waals surface area (Å²) in [5, 5.41) is 2.87. The highest BCUT2D eigenvalue weighted by Crippen LogP contribution is 2.31. The largest absolute Gasteiger partial charge is 0.379 e. The molecule has 0 aromatic rings. The summed E-state index contributed by atoms with van der Waals surface area (Å²) in [6.45, 7) is 10.2. The summed E-state index contributed by atoms with van der Waals surface area (Å²) in [5.74, 6) is 0.0293. The van der Waals surface area contributed by atoms with Gasteiger partial charge in [-0.15, -0.1) is 0 Å². The van der Waals surface area contributed by atoms with Gasteiger partial charge in [-0.25, -0.2) is 4.39 Å². The molecule has 1 heterocycles. The molecule has 4 nitrogen and oxygen atoms in total. The molecule has 0 unspecified atom stereocenters. The Hall–Kier alpha value is -0.680. The normalized spacial score (nSPS) is 19.2. The Bertz CT molecular complexity index is 313. The maximum Gasteiger partial charge on any atom is 0.234 e. The van der Waals surface area contributed by atoms with Gasteiger partial charge in [0, 0.05) is 25.7 Å². The van der Waals surface area contributed by atoms with Crippen molar-refractivity contribution in [3.63, 3.8) is 0 Å². The van der Waals surface area contributed by atoms with Gasteiger partial charge in [-0.3, -0.25) is 9.69 Å². The number of hydrogen-bond donors (Lipinski definition) is 1. The first-order valence-corrected chi connectivity index (χ1v) is 8.13. The van der Waals surface area contributed by atoms with Crippen molar-refractivity contribution in [3.05, 3.63) is 0 Å². The van der Waals surface area contributed by atoms with Crippen LogP contribution in [0.2, 0.25) is 0 Å². The van der Waals surface area contributed by atoms with Crippen LogP contribution in [-0.4, -0.2) is 54.9 Å². The minimum absolute atomic E-state index is 0.0293. The summed E-state index contributed by atoms with van der Waals surface area (Å²) in [6, 6.07) is 0.156. The van der Waals surface area contributed by atoms with Gasteiger partial charge in [0.2, 0.25) is 5.91 Å². The molecule has 0 aromatic heterocycles. The van der Waals surface area contributed by atoms with E-state index in [2.05, 4.69) is 5.32 Å². The highest BCUT2D eigenvalue weighted by Gasteiger charge is 2.34. The average molecular weight is 302 g/mol. The van der Waals surface area contributed by atoms with Crippen LogP contribution < -0.4 is 5.32 Å². The standard InChI is InChI=1S/C16H31FN2O2/c1-13(2)18-15(20)12-19-9-7-16(17,8-10-19)6-5-11-21-14(3)4/h13-14H,5-12H2,1-4H3,(H,18,20). The molecule has 0 radical (unpaired) electrons. The number of hydrogen-bond acceptors (Lipinski definition) is 3. The number of piperidine rings is 1. The third-order valence-electron chi connectivity index (χ3n) is 3.79. The molecule has 0 atom stereocenters. The van der Waals surface area contributed by atoms with Gasteiger partial charge in [0.1, 0.15) is 5.67 Å². The molecule has 0 spiro atoms. The van der Waals surface area contributed by atoms with Crippen LogP contribution in [0, 0.1) is 0 Å². The second kappa shape index (κ2) is 8.69. The van der Waals surface area contributed by atoms with E-state index in [1.54, 1.807) is 0 Å². The molecule has 1 aliphatic rings. The molecule has 5 heteroatoms. The van der Waals surface area contributed by atoms with Gasteiger partial charge in [-0.2, -0.15) is 0 Å². The number of likely N-dealkylation sites (tertiary alicyclic amines) is 1. The third kappa shape index (κ3) is 7.77. The summed E-state index contributed by atoms with van der Waals surface area (Å²) in [6.07, 6.45) is 2.57. The van der Waals surface area contributed by atoms with E-state index in [0.717, 1.165) is 6.42 Å². The topological polar surface area (TPSA) is 41.6 Å². The Morgan fingerprint density at radius 1 is 1.29 bits per heavy atom. The first-order chi connectivity index (χ1) is 9.81. The van der Waals surface area contributed by atoms with Crippen molar-refractivity contribution in [2.24, 2.45) is 0 Å². The predicted octanol–water partition coefficient (Wildman–Crippen LogP) is 2.52. The number of nitrogens with zero attached hydrogens (tertiary/aromatic N) is 1. The molecule has 0 aliphatic carbocycles.